The van der Waals surface area contributed by atoms with E-state index in [0.717, 1.165) is 29.1 Å². The second-order valence-electron chi connectivity index (χ2n) is 16.6. The standard InChI is InChI=1S/C36H67BrO4Si3/c1-28(19-18-22-40-43(14,15)35(5,6)7)20-21-33(41-44(16,17)36(8,9)10)30(3)27-32(37)26-29(2)25-31(4)34(38)39-23-24-42(11,12)13/h19-21,25-27,30,33H,18,22-24H2,1-17H3/b21-20+,28-19+,29-26+,31-25+,32-27-/t30-,33-/m1/s1. The molecule has 8 heteroatoms. The average molecular weight is 728 g/mol. The van der Waals surface area contributed by atoms with Crippen molar-refractivity contribution in [1.82, 2.24) is 0 Å². The highest BCUT2D eigenvalue weighted by Crippen LogP contribution is 2.39. The van der Waals surface area contributed by atoms with Gasteiger partial charge in [-0.2, -0.15) is 0 Å². The zero-order valence-electron chi connectivity index (χ0n) is 31.5. The van der Waals surface area contributed by atoms with Gasteiger partial charge in [-0.3, -0.25) is 0 Å². The van der Waals surface area contributed by atoms with Crippen molar-refractivity contribution in [2.45, 2.75) is 144 Å². The molecule has 0 saturated heterocycles. The lowest BCUT2D eigenvalue weighted by Crippen LogP contribution is -2.44. The van der Waals surface area contributed by atoms with Gasteiger partial charge in [0.15, 0.2) is 16.6 Å². The lowest BCUT2D eigenvalue weighted by Gasteiger charge is -2.39. The van der Waals surface area contributed by atoms with Crippen molar-refractivity contribution < 1.29 is 18.4 Å². The fourth-order valence-corrected chi connectivity index (χ4v) is 7.47. The van der Waals surface area contributed by atoms with Gasteiger partial charge in [-0.15, -0.1) is 0 Å². The molecular weight excluding hydrogens is 661 g/mol. The molecule has 0 unspecified atom stereocenters. The largest absolute Gasteiger partial charge is 0.463 e. The Bertz CT molecular complexity index is 1080. The fraction of sp³-hybridized carbons (Fsp3) is 0.694. The summed E-state index contributed by atoms with van der Waals surface area (Å²) in [6.07, 6.45) is 13.7. The van der Waals surface area contributed by atoms with Crippen molar-refractivity contribution in [1.29, 1.82) is 0 Å². The quantitative estimate of drug-likeness (QED) is 0.0522. The van der Waals surface area contributed by atoms with Crippen LogP contribution in [0.15, 0.2) is 57.7 Å². The van der Waals surface area contributed by atoms with Crippen LogP contribution in [-0.4, -0.2) is 50.0 Å². The molecule has 0 bridgehead atoms. The van der Waals surface area contributed by atoms with Gasteiger partial charge >= 0.3 is 5.97 Å². The summed E-state index contributed by atoms with van der Waals surface area (Å²) in [4.78, 5) is 12.5. The van der Waals surface area contributed by atoms with Gasteiger partial charge in [0.1, 0.15) is 0 Å². The predicted octanol–water partition coefficient (Wildman–Crippen LogP) is 12.0. The van der Waals surface area contributed by atoms with E-state index in [1.807, 2.05) is 19.9 Å². The second kappa shape index (κ2) is 17.9. The Morgan fingerprint density at radius 1 is 0.818 bits per heavy atom. The molecule has 0 aromatic rings. The molecule has 0 radical (unpaired) electrons. The molecule has 2 atom stereocenters. The number of hydrogen-bond donors (Lipinski definition) is 0. The summed E-state index contributed by atoms with van der Waals surface area (Å²) in [7, 11) is -4.99. The summed E-state index contributed by atoms with van der Waals surface area (Å²) < 4.78 is 19.8. The lowest BCUT2D eigenvalue weighted by atomic mass is 10.0. The maximum atomic E-state index is 12.5. The molecule has 4 nitrogen and oxygen atoms in total. The normalized spacial score (nSPS) is 16.9. The SMILES string of the molecule is CC(/C=C/[C@@H](O[Si](C)(C)C(C)(C)C)[C@H](C)/C=C(Br)/C=C(C)/C=C(\C)C(=O)OCC[Si](C)(C)C)=C\CCO[Si](C)(C)C(C)(C)C. The Morgan fingerprint density at radius 3 is 1.86 bits per heavy atom. The topological polar surface area (TPSA) is 44.8 Å². The number of esters is 1. The third kappa shape index (κ3) is 17.2. The van der Waals surface area contributed by atoms with Crippen LogP contribution in [0.2, 0.25) is 61.9 Å². The van der Waals surface area contributed by atoms with E-state index in [0.29, 0.717) is 12.2 Å². The van der Waals surface area contributed by atoms with Gasteiger partial charge in [-0.1, -0.05) is 114 Å². The Hall–Kier alpha value is -0.779. The summed E-state index contributed by atoms with van der Waals surface area (Å²) in [5, 5.41) is 0.327. The summed E-state index contributed by atoms with van der Waals surface area (Å²) in [6, 6.07) is 0.973. The van der Waals surface area contributed by atoms with Crippen LogP contribution < -0.4 is 0 Å². The van der Waals surface area contributed by atoms with E-state index in [2.05, 4.69) is 148 Å². The first kappa shape index (κ1) is 43.2. The minimum atomic E-state index is -2.02. The number of allylic oxidation sites excluding steroid dienone is 6. The van der Waals surface area contributed by atoms with Crippen LogP contribution in [0, 0.1) is 5.92 Å². The van der Waals surface area contributed by atoms with Crippen LogP contribution in [0.3, 0.4) is 0 Å². The highest BCUT2D eigenvalue weighted by atomic mass is 79.9. The molecule has 0 aliphatic carbocycles. The van der Waals surface area contributed by atoms with Gasteiger partial charge in [0.2, 0.25) is 0 Å². The third-order valence-corrected chi connectivity index (χ3v) is 20.0. The smallest absolute Gasteiger partial charge is 0.333 e. The maximum Gasteiger partial charge on any atom is 0.333 e. The van der Waals surface area contributed by atoms with E-state index in [-0.39, 0.29) is 28.1 Å². The zero-order chi connectivity index (χ0) is 34.7. The summed E-state index contributed by atoms with van der Waals surface area (Å²) in [5.74, 6) is -0.113. The molecule has 0 spiro atoms. The summed E-state index contributed by atoms with van der Waals surface area (Å²) >= 11 is 3.76. The van der Waals surface area contributed by atoms with Gasteiger partial charge in [-0.05, 0) is 87.2 Å². The van der Waals surface area contributed by atoms with E-state index < -0.39 is 24.7 Å². The molecule has 0 aromatic heterocycles. The van der Waals surface area contributed by atoms with Crippen LogP contribution >= 0.6 is 15.9 Å². The summed E-state index contributed by atoms with van der Waals surface area (Å²) in [5.41, 5.74) is 2.81. The molecule has 0 aliphatic heterocycles. The Kier molecular flexibility index (Phi) is 17.6. The highest BCUT2D eigenvalue weighted by Gasteiger charge is 2.39. The maximum absolute atomic E-state index is 12.5. The highest BCUT2D eigenvalue weighted by molar-refractivity contribution is 9.11. The van der Waals surface area contributed by atoms with Gasteiger partial charge in [-0.25, -0.2) is 4.79 Å². The minimum absolute atomic E-state index is 0.0670. The minimum Gasteiger partial charge on any atom is -0.463 e. The van der Waals surface area contributed by atoms with Crippen molar-refractivity contribution in [3.05, 3.63) is 57.7 Å². The van der Waals surface area contributed by atoms with Gasteiger partial charge < -0.3 is 13.6 Å². The Labute approximate surface area is 284 Å². The Balaban J connectivity index is 5.79. The fourth-order valence-electron chi connectivity index (χ4n) is 3.59. The van der Waals surface area contributed by atoms with Crippen molar-refractivity contribution >= 4 is 46.6 Å². The van der Waals surface area contributed by atoms with Gasteiger partial charge in [0, 0.05) is 30.7 Å². The molecule has 0 aliphatic rings. The molecular formula is C36H67BrO4Si3. The first-order valence-corrected chi connectivity index (χ1v) is 26.6. The van der Waals surface area contributed by atoms with Crippen LogP contribution in [0.4, 0.5) is 0 Å². The molecule has 0 amide bonds. The van der Waals surface area contributed by atoms with E-state index in [1.165, 1.54) is 5.57 Å². The number of ether oxygens (including phenoxy) is 1. The predicted molar refractivity (Wildman–Crippen MR) is 206 cm³/mol. The number of carbonyl (C=O) groups excluding carboxylic acids is 1. The number of halogens is 1. The van der Waals surface area contributed by atoms with Crippen molar-refractivity contribution in [3.8, 4) is 0 Å². The van der Waals surface area contributed by atoms with E-state index in [1.54, 1.807) is 0 Å². The van der Waals surface area contributed by atoms with Crippen molar-refractivity contribution in [2.75, 3.05) is 13.2 Å². The Morgan fingerprint density at radius 2 is 1.36 bits per heavy atom. The third-order valence-electron chi connectivity index (χ3n) is 8.80. The molecule has 0 rings (SSSR count). The van der Waals surface area contributed by atoms with E-state index in [9.17, 15) is 4.79 Å². The number of rotatable bonds is 16. The second-order valence-corrected chi connectivity index (χ2v) is 32.7. The van der Waals surface area contributed by atoms with Crippen molar-refractivity contribution in [2.24, 2.45) is 5.92 Å². The van der Waals surface area contributed by atoms with Crippen LogP contribution in [0.5, 0.6) is 0 Å². The molecule has 44 heavy (non-hydrogen) atoms. The molecule has 0 N–H and O–H groups in total. The van der Waals surface area contributed by atoms with E-state index in [4.69, 9.17) is 13.6 Å². The first-order valence-electron chi connectivity index (χ1n) is 16.3. The van der Waals surface area contributed by atoms with Crippen molar-refractivity contribution in [3.63, 3.8) is 0 Å². The molecule has 0 heterocycles. The average Bonchev–Trinajstić information content (AvgIpc) is 2.81. The molecule has 0 aromatic carbocycles. The van der Waals surface area contributed by atoms with Crippen LogP contribution in [0.1, 0.15) is 75.7 Å². The monoisotopic (exact) mass is 726 g/mol. The number of carbonyl (C=O) groups is 1. The van der Waals surface area contributed by atoms with E-state index >= 15 is 0 Å². The van der Waals surface area contributed by atoms with Crippen LogP contribution in [-0.2, 0) is 18.4 Å². The van der Waals surface area contributed by atoms with Crippen LogP contribution in [0.25, 0.3) is 0 Å². The summed E-state index contributed by atoms with van der Waals surface area (Å²) in [6.45, 7) is 39.2. The lowest BCUT2D eigenvalue weighted by molar-refractivity contribution is -0.138. The first-order chi connectivity index (χ1) is 19.7. The molecule has 0 saturated carbocycles. The number of hydrogen-bond acceptors (Lipinski definition) is 4. The van der Waals surface area contributed by atoms with Gasteiger partial charge in [0.05, 0.1) is 12.7 Å². The van der Waals surface area contributed by atoms with Gasteiger partial charge in [0.25, 0.3) is 0 Å². The zero-order valence-corrected chi connectivity index (χ0v) is 36.0. The molecule has 254 valence electrons. The molecule has 0 fully saturated rings.